The fraction of sp³-hybridized carbons (Fsp3) is 0.400. The Morgan fingerprint density at radius 1 is 0.667 bits per heavy atom. The monoisotopic (exact) mass is 298 g/mol. The average molecular weight is 298 g/mol. The van der Waals surface area contributed by atoms with Crippen LogP contribution < -0.4 is 0 Å². The zero-order valence-electron chi connectivity index (χ0n) is 14.0. The molecule has 0 nitrogen and oxygen atoms in total. The summed E-state index contributed by atoms with van der Waals surface area (Å²) in [6, 6.07) is 17.9. The SMILES string of the molecule is Cc1ccc(C(C)(C)Sc2ccc(C(C)(C)C)cc2)cc1. The summed E-state index contributed by atoms with van der Waals surface area (Å²) in [7, 11) is 0. The topological polar surface area (TPSA) is 0 Å². The fourth-order valence-corrected chi connectivity index (χ4v) is 3.45. The van der Waals surface area contributed by atoms with Gasteiger partial charge in [-0.1, -0.05) is 62.7 Å². The van der Waals surface area contributed by atoms with Crippen LogP contribution >= 0.6 is 11.8 Å². The van der Waals surface area contributed by atoms with Gasteiger partial charge in [0.25, 0.3) is 0 Å². The number of hydrogen-bond acceptors (Lipinski definition) is 1. The second-order valence-electron chi connectivity index (χ2n) is 7.25. The summed E-state index contributed by atoms with van der Waals surface area (Å²) in [4.78, 5) is 1.33. The molecule has 0 amide bonds. The lowest BCUT2D eigenvalue weighted by molar-refractivity contribution is 0.589. The molecule has 2 rings (SSSR count). The second-order valence-corrected chi connectivity index (χ2v) is 8.95. The van der Waals surface area contributed by atoms with E-state index in [1.807, 2.05) is 11.8 Å². The molecule has 1 heteroatoms. The third-order valence-electron chi connectivity index (χ3n) is 3.84. The summed E-state index contributed by atoms with van der Waals surface area (Å²) < 4.78 is 0.0803. The maximum Gasteiger partial charge on any atom is 0.0399 e. The van der Waals surface area contributed by atoms with E-state index in [-0.39, 0.29) is 10.2 Å². The molecule has 0 fully saturated rings. The van der Waals surface area contributed by atoms with Crippen molar-refractivity contribution in [2.75, 3.05) is 0 Å². The van der Waals surface area contributed by atoms with E-state index >= 15 is 0 Å². The van der Waals surface area contributed by atoms with Crippen LogP contribution in [0.5, 0.6) is 0 Å². The molecular weight excluding hydrogens is 272 g/mol. The molecule has 0 radical (unpaired) electrons. The van der Waals surface area contributed by atoms with E-state index in [0.717, 1.165) is 0 Å². The lowest BCUT2D eigenvalue weighted by atomic mass is 9.87. The molecule has 0 spiro atoms. The van der Waals surface area contributed by atoms with Crippen molar-refractivity contribution in [2.45, 2.75) is 56.6 Å². The van der Waals surface area contributed by atoms with Crippen molar-refractivity contribution in [3.05, 3.63) is 65.2 Å². The molecule has 0 atom stereocenters. The van der Waals surface area contributed by atoms with Gasteiger partial charge in [0, 0.05) is 9.64 Å². The summed E-state index contributed by atoms with van der Waals surface area (Å²) in [6.45, 7) is 13.5. The van der Waals surface area contributed by atoms with E-state index in [4.69, 9.17) is 0 Å². The first-order valence-electron chi connectivity index (χ1n) is 7.55. The van der Waals surface area contributed by atoms with Gasteiger partial charge < -0.3 is 0 Å². The molecule has 0 saturated heterocycles. The van der Waals surface area contributed by atoms with Crippen LogP contribution in [0.25, 0.3) is 0 Å². The largest absolute Gasteiger partial charge is 0.115 e. The van der Waals surface area contributed by atoms with Crippen LogP contribution in [0.15, 0.2) is 53.4 Å². The van der Waals surface area contributed by atoms with Crippen molar-refractivity contribution in [3.63, 3.8) is 0 Å². The van der Waals surface area contributed by atoms with Crippen LogP contribution in [-0.2, 0) is 10.2 Å². The number of hydrogen-bond donors (Lipinski definition) is 0. The first kappa shape index (κ1) is 16.2. The molecule has 0 N–H and O–H groups in total. The predicted molar refractivity (Wildman–Crippen MR) is 95.2 cm³/mol. The molecular formula is C20H26S. The number of rotatable bonds is 3. The molecule has 0 unspecified atom stereocenters. The fourth-order valence-electron chi connectivity index (χ4n) is 2.33. The maximum absolute atomic E-state index is 2.29. The van der Waals surface area contributed by atoms with Gasteiger partial charge in [0.15, 0.2) is 0 Å². The molecule has 0 aromatic heterocycles. The molecule has 0 aliphatic heterocycles. The van der Waals surface area contributed by atoms with Crippen LogP contribution in [0, 0.1) is 6.92 Å². The van der Waals surface area contributed by atoms with Crippen molar-refractivity contribution in [2.24, 2.45) is 0 Å². The van der Waals surface area contributed by atoms with Crippen LogP contribution in [0.2, 0.25) is 0 Å². The second kappa shape index (κ2) is 5.88. The summed E-state index contributed by atoms with van der Waals surface area (Å²) in [5, 5.41) is 0. The van der Waals surface area contributed by atoms with Gasteiger partial charge in [-0.25, -0.2) is 0 Å². The molecule has 112 valence electrons. The Morgan fingerprint density at radius 2 is 1.14 bits per heavy atom. The minimum atomic E-state index is 0.0803. The Kier molecular flexibility index (Phi) is 4.53. The Morgan fingerprint density at radius 3 is 1.62 bits per heavy atom. The average Bonchev–Trinajstić information content (AvgIpc) is 2.38. The zero-order chi connectivity index (χ0) is 15.7. The Balaban J connectivity index is 2.18. The van der Waals surface area contributed by atoms with Gasteiger partial charge in [0.05, 0.1) is 0 Å². The van der Waals surface area contributed by atoms with Gasteiger partial charge in [-0.05, 0) is 49.4 Å². The highest BCUT2D eigenvalue weighted by Gasteiger charge is 2.22. The van der Waals surface area contributed by atoms with E-state index in [1.165, 1.54) is 21.6 Å². The van der Waals surface area contributed by atoms with E-state index in [2.05, 4.69) is 90.1 Å². The number of benzene rings is 2. The lowest BCUT2D eigenvalue weighted by Crippen LogP contribution is -2.12. The smallest absolute Gasteiger partial charge is 0.0399 e. The van der Waals surface area contributed by atoms with Gasteiger partial charge in [-0.15, -0.1) is 11.8 Å². The highest BCUT2D eigenvalue weighted by Crippen LogP contribution is 2.41. The molecule has 21 heavy (non-hydrogen) atoms. The Labute approximate surface area is 134 Å². The third-order valence-corrected chi connectivity index (χ3v) is 5.09. The number of aryl methyl sites for hydroxylation is 1. The van der Waals surface area contributed by atoms with Gasteiger partial charge in [0.2, 0.25) is 0 Å². The molecule has 0 bridgehead atoms. The molecule has 0 aliphatic rings. The van der Waals surface area contributed by atoms with Gasteiger partial charge in [-0.3, -0.25) is 0 Å². The minimum absolute atomic E-state index is 0.0803. The van der Waals surface area contributed by atoms with E-state index < -0.39 is 0 Å². The van der Waals surface area contributed by atoms with Crippen molar-refractivity contribution < 1.29 is 0 Å². The number of thioether (sulfide) groups is 1. The first-order chi connectivity index (χ1) is 9.68. The van der Waals surface area contributed by atoms with Crippen LogP contribution in [0.1, 0.15) is 51.3 Å². The molecule has 0 aliphatic carbocycles. The summed E-state index contributed by atoms with van der Waals surface area (Å²) in [5.41, 5.74) is 4.29. The van der Waals surface area contributed by atoms with Crippen molar-refractivity contribution >= 4 is 11.8 Å². The van der Waals surface area contributed by atoms with E-state index in [1.54, 1.807) is 0 Å². The first-order valence-corrected chi connectivity index (χ1v) is 8.37. The minimum Gasteiger partial charge on any atom is -0.115 e. The normalized spacial score (nSPS) is 12.5. The molecule has 2 aromatic carbocycles. The van der Waals surface area contributed by atoms with E-state index in [9.17, 15) is 0 Å². The van der Waals surface area contributed by atoms with Gasteiger partial charge in [0.1, 0.15) is 0 Å². The van der Waals surface area contributed by atoms with Crippen molar-refractivity contribution in [1.82, 2.24) is 0 Å². The van der Waals surface area contributed by atoms with Crippen LogP contribution in [0.3, 0.4) is 0 Å². The van der Waals surface area contributed by atoms with E-state index in [0.29, 0.717) is 0 Å². The van der Waals surface area contributed by atoms with Gasteiger partial charge >= 0.3 is 0 Å². The standard InChI is InChI=1S/C20H26S/c1-15-7-9-17(10-8-15)20(5,6)21-18-13-11-16(12-14-18)19(2,3)4/h7-14H,1-6H3. The highest BCUT2D eigenvalue weighted by molar-refractivity contribution is 8.00. The van der Waals surface area contributed by atoms with Crippen molar-refractivity contribution in [1.29, 1.82) is 0 Å². The lowest BCUT2D eigenvalue weighted by Gasteiger charge is -2.25. The summed E-state index contributed by atoms with van der Waals surface area (Å²) >= 11 is 1.92. The van der Waals surface area contributed by atoms with Crippen LogP contribution in [-0.4, -0.2) is 0 Å². The van der Waals surface area contributed by atoms with Gasteiger partial charge in [-0.2, -0.15) is 0 Å². The maximum atomic E-state index is 2.29. The van der Waals surface area contributed by atoms with Crippen LogP contribution in [0.4, 0.5) is 0 Å². The predicted octanol–water partition coefficient (Wildman–Crippen LogP) is 6.32. The summed E-state index contributed by atoms with van der Waals surface area (Å²) in [5.74, 6) is 0. The molecule has 2 aromatic rings. The Bertz CT molecular complexity index is 583. The quantitative estimate of drug-likeness (QED) is 0.597. The Hall–Kier alpha value is -1.21. The summed E-state index contributed by atoms with van der Waals surface area (Å²) in [6.07, 6.45) is 0. The third kappa shape index (κ3) is 4.14. The molecule has 0 heterocycles. The zero-order valence-corrected chi connectivity index (χ0v) is 14.8. The highest BCUT2D eigenvalue weighted by atomic mass is 32.2. The molecule has 0 saturated carbocycles. The van der Waals surface area contributed by atoms with Crippen molar-refractivity contribution in [3.8, 4) is 0 Å².